The lowest BCUT2D eigenvalue weighted by atomic mass is 9.94. The van der Waals surface area contributed by atoms with Crippen molar-refractivity contribution < 1.29 is 9.59 Å². The van der Waals surface area contributed by atoms with Crippen LogP contribution in [-0.2, 0) is 9.59 Å². The summed E-state index contributed by atoms with van der Waals surface area (Å²) in [7, 11) is 1.68. The van der Waals surface area contributed by atoms with E-state index >= 15 is 0 Å². The lowest BCUT2D eigenvalue weighted by Gasteiger charge is -2.24. The van der Waals surface area contributed by atoms with Crippen LogP contribution in [0.2, 0.25) is 0 Å². The summed E-state index contributed by atoms with van der Waals surface area (Å²) >= 11 is 0. The molecule has 0 aromatic heterocycles. The summed E-state index contributed by atoms with van der Waals surface area (Å²) in [5, 5.41) is 2.86. The van der Waals surface area contributed by atoms with Gasteiger partial charge >= 0.3 is 0 Å². The summed E-state index contributed by atoms with van der Waals surface area (Å²) in [4.78, 5) is 25.4. The van der Waals surface area contributed by atoms with E-state index < -0.39 is 0 Å². The fraction of sp³-hybridized carbons (Fsp3) is 0.875. The minimum atomic E-state index is -0.270. The molecule has 0 aromatic rings. The summed E-state index contributed by atoms with van der Waals surface area (Å²) in [5.74, 6) is 0.420. The Kier molecular flexibility index (Phi) is 9.26. The Morgan fingerprint density at radius 1 is 1.19 bits per heavy atom. The highest BCUT2D eigenvalue weighted by molar-refractivity contribution is 5.84. The number of nitrogens with zero attached hydrogens (tertiary/aromatic N) is 1. The predicted octanol–water partition coefficient (Wildman–Crippen LogP) is 1.90. The Balaban J connectivity index is 4.17. The smallest absolute Gasteiger partial charge is 0.240 e. The third-order valence-electron chi connectivity index (χ3n) is 3.36. The Morgan fingerprint density at radius 2 is 1.81 bits per heavy atom. The number of nitrogens with two attached hydrogens (primary N) is 1. The standard InChI is InChI=1S/C16H33N3O2/c1-6-7-13(10-11-17)8-9-15(21)19(5)12-14(20)18-16(2,3)4/h13H,6-12,17H2,1-5H3,(H,18,20). The van der Waals surface area contributed by atoms with Crippen molar-refractivity contribution in [3.05, 3.63) is 0 Å². The summed E-state index contributed by atoms with van der Waals surface area (Å²) < 4.78 is 0. The van der Waals surface area contributed by atoms with Crippen LogP contribution in [0.1, 0.15) is 59.8 Å². The number of carbonyl (C=O) groups excluding carboxylic acids is 2. The van der Waals surface area contributed by atoms with E-state index in [1.807, 2.05) is 20.8 Å². The first-order chi connectivity index (χ1) is 9.69. The Hall–Kier alpha value is -1.10. The van der Waals surface area contributed by atoms with Crippen LogP contribution >= 0.6 is 0 Å². The van der Waals surface area contributed by atoms with Crippen molar-refractivity contribution in [1.82, 2.24) is 10.2 Å². The van der Waals surface area contributed by atoms with E-state index in [4.69, 9.17) is 5.73 Å². The molecule has 0 radical (unpaired) electrons. The number of rotatable bonds is 9. The van der Waals surface area contributed by atoms with Gasteiger partial charge in [0.25, 0.3) is 0 Å². The molecule has 21 heavy (non-hydrogen) atoms. The molecule has 124 valence electrons. The van der Waals surface area contributed by atoms with Crippen LogP contribution in [0.4, 0.5) is 0 Å². The van der Waals surface area contributed by atoms with Crippen molar-refractivity contribution >= 4 is 11.8 Å². The van der Waals surface area contributed by atoms with Crippen LogP contribution in [0.25, 0.3) is 0 Å². The molecule has 0 saturated carbocycles. The van der Waals surface area contributed by atoms with Gasteiger partial charge in [-0.25, -0.2) is 0 Å². The van der Waals surface area contributed by atoms with Crippen molar-refractivity contribution in [2.45, 2.75) is 65.3 Å². The first-order valence-corrected chi connectivity index (χ1v) is 7.94. The maximum atomic E-state index is 12.1. The molecule has 3 N–H and O–H groups in total. The van der Waals surface area contributed by atoms with Crippen molar-refractivity contribution in [3.63, 3.8) is 0 Å². The molecule has 0 aliphatic carbocycles. The van der Waals surface area contributed by atoms with Crippen LogP contribution in [0.3, 0.4) is 0 Å². The van der Waals surface area contributed by atoms with Gasteiger partial charge in [0.1, 0.15) is 0 Å². The molecular weight excluding hydrogens is 266 g/mol. The van der Waals surface area contributed by atoms with Gasteiger partial charge in [-0.3, -0.25) is 9.59 Å². The highest BCUT2D eigenvalue weighted by Gasteiger charge is 2.18. The van der Waals surface area contributed by atoms with Gasteiger partial charge in [-0.05, 0) is 46.1 Å². The van der Waals surface area contributed by atoms with Crippen molar-refractivity contribution in [1.29, 1.82) is 0 Å². The second-order valence-corrected chi connectivity index (χ2v) is 6.82. The average Bonchev–Trinajstić information content (AvgIpc) is 2.33. The van der Waals surface area contributed by atoms with Crippen LogP contribution in [0.5, 0.6) is 0 Å². The van der Waals surface area contributed by atoms with Crippen molar-refractivity contribution in [2.24, 2.45) is 11.7 Å². The maximum absolute atomic E-state index is 12.1. The molecule has 2 amide bonds. The zero-order chi connectivity index (χ0) is 16.5. The monoisotopic (exact) mass is 299 g/mol. The molecule has 1 unspecified atom stereocenters. The number of amides is 2. The predicted molar refractivity (Wildman–Crippen MR) is 86.8 cm³/mol. The van der Waals surface area contributed by atoms with Crippen LogP contribution < -0.4 is 11.1 Å². The third kappa shape index (κ3) is 10.3. The van der Waals surface area contributed by atoms with E-state index in [2.05, 4.69) is 12.2 Å². The Bertz CT molecular complexity index is 318. The van der Waals surface area contributed by atoms with Gasteiger partial charge in [0.15, 0.2) is 0 Å². The zero-order valence-electron chi connectivity index (χ0n) is 14.4. The molecule has 1 atom stereocenters. The fourth-order valence-electron chi connectivity index (χ4n) is 2.36. The highest BCUT2D eigenvalue weighted by atomic mass is 16.2. The van der Waals surface area contributed by atoms with E-state index in [0.717, 1.165) is 25.7 Å². The molecule has 0 heterocycles. The molecule has 0 spiro atoms. The molecule has 5 nitrogen and oxygen atoms in total. The number of likely N-dealkylation sites (N-methyl/N-ethyl adjacent to an activating group) is 1. The van der Waals surface area contributed by atoms with Gasteiger partial charge in [0, 0.05) is 19.0 Å². The van der Waals surface area contributed by atoms with Crippen molar-refractivity contribution in [2.75, 3.05) is 20.1 Å². The molecule has 0 aliphatic heterocycles. The van der Waals surface area contributed by atoms with Gasteiger partial charge in [0.2, 0.25) is 11.8 Å². The minimum Gasteiger partial charge on any atom is -0.350 e. The molecule has 0 fully saturated rings. The van der Waals surface area contributed by atoms with Gasteiger partial charge in [-0.15, -0.1) is 0 Å². The highest BCUT2D eigenvalue weighted by Crippen LogP contribution is 2.17. The summed E-state index contributed by atoms with van der Waals surface area (Å²) in [6.07, 6.45) is 4.54. The van der Waals surface area contributed by atoms with Gasteiger partial charge in [-0.1, -0.05) is 19.8 Å². The van der Waals surface area contributed by atoms with Crippen molar-refractivity contribution in [3.8, 4) is 0 Å². The first kappa shape index (κ1) is 19.9. The molecule has 0 saturated heterocycles. The van der Waals surface area contributed by atoms with Crippen LogP contribution in [-0.4, -0.2) is 42.4 Å². The molecular formula is C16H33N3O2. The van der Waals surface area contributed by atoms with Crippen LogP contribution in [0, 0.1) is 5.92 Å². The molecule has 0 rings (SSSR count). The van der Waals surface area contributed by atoms with E-state index in [9.17, 15) is 9.59 Å². The largest absolute Gasteiger partial charge is 0.350 e. The average molecular weight is 299 g/mol. The SMILES string of the molecule is CCCC(CCN)CCC(=O)N(C)CC(=O)NC(C)(C)C. The normalized spacial score (nSPS) is 12.9. The summed E-state index contributed by atoms with van der Waals surface area (Å²) in [5.41, 5.74) is 5.33. The molecule has 0 aliphatic rings. The van der Waals surface area contributed by atoms with E-state index in [0.29, 0.717) is 18.9 Å². The zero-order valence-corrected chi connectivity index (χ0v) is 14.4. The number of hydrogen-bond acceptors (Lipinski definition) is 3. The van der Waals surface area contributed by atoms with Crippen LogP contribution in [0.15, 0.2) is 0 Å². The summed E-state index contributed by atoms with van der Waals surface area (Å²) in [6, 6.07) is 0. The van der Waals surface area contributed by atoms with Gasteiger partial charge in [-0.2, -0.15) is 0 Å². The van der Waals surface area contributed by atoms with Gasteiger partial charge < -0.3 is 16.0 Å². The first-order valence-electron chi connectivity index (χ1n) is 7.94. The second kappa shape index (κ2) is 9.77. The maximum Gasteiger partial charge on any atom is 0.240 e. The van der Waals surface area contributed by atoms with E-state index in [1.54, 1.807) is 7.05 Å². The third-order valence-corrected chi connectivity index (χ3v) is 3.36. The van der Waals surface area contributed by atoms with E-state index in [1.165, 1.54) is 4.90 Å². The topological polar surface area (TPSA) is 75.4 Å². The number of carbonyl (C=O) groups is 2. The lowest BCUT2D eigenvalue weighted by molar-refractivity contribution is -0.135. The quantitative estimate of drug-likeness (QED) is 0.683. The number of hydrogen-bond donors (Lipinski definition) is 2. The van der Waals surface area contributed by atoms with Gasteiger partial charge in [0.05, 0.1) is 6.54 Å². The molecule has 5 heteroatoms. The fourth-order valence-corrected chi connectivity index (χ4v) is 2.36. The molecule has 0 aromatic carbocycles. The van der Waals surface area contributed by atoms with E-state index in [-0.39, 0.29) is 23.9 Å². The minimum absolute atomic E-state index is 0.0252. The lowest BCUT2D eigenvalue weighted by Crippen LogP contribution is -2.46. The Labute approximate surface area is 129 Å². The summed E-state index contributed by atoms with van der Waals surface area (Å²) in [6.45, 7) is 8.71. The Morgan fingerprint density at radius 3 is 2.29 bits per heavy atom. The number of nitrogens with one attached hydrogen (secondary N) is 1. The second-order valence-electron chi connectivity index (χ2n) is 6.82. The molecule has 0 bridgehead atoms.